The van der Waals surface area contributed by atoms with Gasteiger partial charge in [0.2, 0.25) is 0 Å². The van der Waals surface area contributed by atoms with Crippen molar-refractivity contribution in [3.8, 4) is 5.69 Å². The van der Waals surface area contributed by atoms with Crippen molar-refractivity contribution in [2.75, 3.05) is 26.2 Å². The normalized spacial score (nSPS) is 18.2. The van der Waals surface area contributed by atoms with Crippen LogP contribution in [0.4, 0.5) is 0 Å². The lowest BCUT2D eigenvalue weighted by Crippen LogP contribution is -2.36. The number of carbonyl (C=O) groups is 1. The molecule has 1 aliphatic heterocycles. The predicted molar refractivity (Wildman–Crippen MR) is 100 cm³/mol. The third-order valence-electron chi connectivity index (χ3n) is 4.93. The number of rotatable bonds is 6. The van der Waals surface area contributed by atoms with Crippen LogP contribution in [0.25, 0.3) is 5.69 Å². The first kappa shape index (κ1) is 17.7. The summed E-state index contributed by atoms with van der Waals surface area (Å²) in [7, 11) is 0. The lowest BCUT2D eigenvalue weighted by Gasteiger charge is -2.30. The Bertz CT molecular complexity index is 695. The Balaban J connectivity index is 1.49. The summed E-state index contributed by atoms with van der Waals surface area (Å²) in [5.41, 5.74) is 2.49. The van der Waals surface area contributed by atoms with E-state index in [4.69, 9.17) is 0 Å². The van der Waals surface area contributed by atoms with Gasteiger partial charge in [-0.05, 0) is 57.3 Å². The molecule has 5 heteroatoms. The average molecular weight is 340 g/mol. The molecule has 25 heavy (non-hydrogen) atoms. The molecule has 2 heterocycles. The van der Waals surface area contributed by atoms with Crippen LogP contribution >= 0.6 is 0 Å². The van der Waals surface area contributed by atoms with Gasteiger partial charge in [0.05, 0.1) is 23.1 Å². The second-order valence-corrected chi connectivity index (χ2v) is 7.05. The van der Waals surface area contributed by atoms with Crippen LogP contribution in [0.3, 0.4) is 0 Å². The van der Waals surface area contributed by atoms with Gasteiger partial charge in [-0.1, -0.05) is 25.1 Å². The monoisotopic (exact) mass is 340 g/mol. The summed E-state index contributed by atoms with van der Waals surface area (Å²) in [4.78, 5) is 14.9. The third kappa shape index (κ3) is 4.48. The van der Waals surface area contributed by atoms with E-state index in [-0.39, 0.29) is 5.91 Å². The minimum atomic E-state index is -0.0355. The average Bonchev–Trinajstić information content (AvgIpc) is 3.01. The van der Waals surface area contributed by atoms with Gasteiger partial charge in [0.15, 0.2) is 0 Å². The van der Waals surface area contributed by atoms with Crippen molar-refractivity contribution < 1.29 is 4.79 Å². The van der Waals surface area contributed by atoms with E-state index in [1.165, 1.54) is 25.9 Å². The predicted octanol–water partition coefficient (Wildman–Crippen LogP) is 3.03. The lowest BCUT2D eigenvalue weighted by molar-refractivity contribution is 0.0949. The van der Waals surface area contributed by atoms with Gasteiger partial charge in [0.25, 0.3) is 5.91 Å². The molecule has 1 atom stereocenters. The molecule has 2 aromatic rings. The maximum absolute atomic E-state index is 12.4. The molecular formula is C20H28N4O. The van der Waals surface area contributed by atoms with Gasteiger partial charge in [0.1, 0.15) is 0 Å². The van der Waals surface area contributed by atoms with E-state index in [2.05, 4.69) is 22.2 Å². The topological polar surface area (TPSA) is 50.2 Å². The molecule has 0 bridgehead atoms. The zero-order valence-electron chi connectivity index (χ0n) is 15.2. The maximum Gasteiger partial charge on any atom is 0.254 e. The highest BCUT2D eigenvalue weighted by Gasteiger charge is 2.17. The van der Waals surface area contributed by atoms with Crippen molar-refractivity contribution in [3.05, 3.63) is 47.8 Å². The first-order valence-electron chi connectivity index (χ1n) is 9.25. The van der Waals surface area contributed by atoms with Crippen LogP contribution in [0.1, 0.15) is 42.2 Å². The number of amides is 1. The van der Waals surface area contributed by atoms with Gasteiger partial charge in [0, 0.05) is 13.1 Å². The van der Waals surface area contributed by atoms with Crippen LogP contribution in [0.2, 0.25) is 0 Å². The molecule has 1 fully saturated rings. The highest BCUT2D eigenvalue weighted by Crippen LogP contribution is 2.16. The van der Waals surface area contributed by atoms with Gasteiger partial charge in [-0.3, -0.25) is 4.79 Å². The molecule has 1 amide bonds. The molecule has 5 nitrogen and oxygen atoms in total. The number of aromatic nitrogens is 2. The molecule has 1 saturated heterocycles. The molecule has 1 N–H and O–H groups in total. The smallest absolute Gasteiger partial charge is 0.254 e. The first-order chi connectivity index (χ1) is 12.1. The van der Waals surface area contributed by atoms with Crippen LogP contribution in [-0.4, -0.2) is 46.8 Å². The number of nitrogens with one attached hydrogen (secondary N) is 1. The number of para-hydroxylation sites is 1. The zero-order chi connectivity index (χ0) is 17.6. The van der Waals surface area contributed by atoms with Gasteiger partial charge in [-0.2, -0.15) is 5.10 Å². The Hall–Kier alpha value is -2.14. The maximum atomic E-state index is 12.4. The molecule has 134 valence electrons. The van der Waals surface area contributed by atoms with E-state index < -0.39 is 0 Å². The standard InChI is InChI=1S/C20H28N4O/c1-16-8-6-12-23(15-16)13-7-11-21-20(25)19-14-22-24(17(19)2)18-9-4-3-5-10-18/h3-5,9-10,14,16H,6-8,11-13,15H2,1-2H3,(H,21,25). The number of nitrogens with zero attached hydrogens (tertiary/aromatic N) is 3. The number of carbonyl (C=O) groups excluding carboxylic acids is 1. The van der Waals surface area contributed by atoms with E-state index in [0.29, 0.717) is 12.1 Å². The van der Waals surface area contributed by atoms with Gasteiger partial charge >= 0.3 is 0 Å². The van der Waals surface area contributed by atoms with E-state index in [1.807, 2.05) is 41.9 Å². The molecule has 0 radical (unpaired) electrons. The second-order valence-electron chi connectivity index (χ2n) is 7.05. The molecule has 1 aliphatic rings. The van der Waals surface area contributed by atoms with Gasteiger partial charge in [-0.25, -0.2) is 4.68 Å². The highest BCUT2D eigenvalue weighted by molar-refractivity contribution is 5.95. The quantitative estimate of drug-likeness (QED) is 0.823. The number of hydrogen-bond donors (Lipinski definition) is 1. The summed E-state index contributed by atoms with van der Waals surface area (Å²) < 4.78 is 1.81. The van der Waals surface area contributed by atoms with Crippen LogP contribution < -0.4 is 5.32 Å². The summed E-state index contributed by atoms with van der Waals surface area (Å²) in [6.45, 7) is 8.41. The molecular weight excluding hydrogens is 312 g/mol. The van der Waals surface area contributed by atoms with Crippen molar-refractivity contribution >= 4 is 5.91 Å². The van der Waals surface area contributed by atoms with Crippen LogP contribution in [-0.2, 0) is 0 Å². The van der Waals surface area contributed by atoms with Gasteiger partial charge < -0.3 is 10.2 Å². The Kier molecular flexibility index (Phi) is 5.87. The summed E-state index contributed by atoms with van der Waals surface area (Å²) in [6.07, 6.45) is 5.29. The van der Waals surface area contributed by atoms with E-state index in [9.17, 15) is 4.79 Å². The number of piperidine rings is 1. The minimum absolute atomic E-state index is 0.0355. The molecule has 1 aromatic carbocycles. The number of hydrogen-bond acceptors (Lipinski definition) is 3. The minimum Gasteiger partial charge on any atom is -0.352 e. The summed E-state index contributed by atoms with van der Waals surface area (Å²) in [5.74, 6) is 0.765. The fraction of sp³-hybridized carbons (Fsp3) is 0.500. The van der Waals surface area contributed by atoms with Crippen molar-refractivity contribution in [2.24, 2.45) is 5.92 Å². The first-order valence-corrected chi connectivity index (χ1v) is 9.25. The Morgan fingerprint density at radius 3 is 2.88 bits per heavy atom. The van der Waals surface area contributed by atoms with Crippen molar-refractivity contribution in [3.63, 3.8) is 0 Å². The Morgan fingerprint density at radius 1 is 1.32 bits per heavy atom. The Labute approximate surface area is 150 Å². The summed E-state index contributed by atoms with van der Waals surface area (Å²) >= 11 is 0. The summed E-state index contributed by atoms with van der Waals surface area (Å²) in [5, 5.41) is 7.40. The van der Waals surface area contributed by atoms with E-state index in [0.717, 1.165) is 30.3 Å². The number of benzene rings is 1. The van der Waals surface area contributed by atoms with Crippen LogP contribution in [0.15, 0.2) is 36.5 Å². The molecule has 1 aromatic heterocycles. The second kappa shape index (κ2) is 8.30. The number of likely N-dealkylation sites (tertiary alicyclic amines) is 1. The van der Waals surface area contributed by atoms with E-state index >= 15 is 0 Å². The molecule has 1 unspecified atom stereocenters. The lowest BCUT2D eigenvalue weighted by atomic mass is 10.0. The Morgan fingerprint density at radius 2 is 2.12 bits per heavy atom. The largest absolute Gasteiger partial charge is 0.352 e. The van der Waals surface area contributed by atoms with Crippen molar-refractivity contribution in [1.82, 2.24) is 20.0 Å². The molecule has 0 spiro atoms. The summed E-state index contributed by atoms with van der Waals surface area (Å²) in [6, 6.07) is 9.89. The SMILES string of the molecule is Cc1c(C(=O)NCCCN2CCCC(C)C2)cnn1-c1ccccc1. The van der Waals surface area contributed by atoms with Crippen molar-refractivity contribution in [2.45, 2.75) is 33.1 Å². The van der Waals surface area contributed by atoms with Crippen molar-refractivity contribution in [1.29, 1.82) is 0 Å². The molecule has 0 saturated carbocycles. The fourth-order valence-corrected chi connectivity index (χ4v) is 3.55. The van der Waals surface area contributed by atoms with E-state index in [1.54, 1.807) is 6.20 Å². The highest BCUT2D eigenvalue weighted by atomic mass is 16.1. The van der Waals surface area contributed by atoms with Crippen LogP contribution in [0, 0.1) is 12.8 Å². The molecule has 0 aliphatic carbocycles. The van der Waals surface area contributed by atoms with Crippen LogP contribution in [0.5, 0.6) is 0 Å². The van der Waals surface area contributed by atoms with Gasteiger partial charge in [-0.15, -0.1) is 0 Å². The molecule has 3 rings (SSSR count). The third-order valence-corrected chi connectivity index (χ3v) is 4.93. The zero-order valence-corrected chi connectivity index (χ0v) is 15.2. The fourth-order valence-electron chi connectivity index (χ4n) is 3.55.